The fourth-order valence-corrected chi connectivity index (χ4v) is 2.73. The van der Waals surface area contributed by atoms with Gasteiger partial charge >= 0.3 is 0 Å². The van der Waals surface area contributed by atoms with Crippen LogP contribution in [0.25, 0.3) is 0 Å². The molecule has 1 fully saturated rings. The zero-order valence-electron chi connectivity index (χ0n) is 11.5. The van der Waals surface area contributed by atoms with Gasteiger partial charge in [0.15, 0.2) is 0 Å². The molecule has 0 unspecified atom stereocenters. The molecule has 1 aromatic rings. The largest absolute Gasteiger partial charge is 0.307 e. The Morgan fingerprint density at radius 3 is 2.47 bits per heavy atom. The molecule has 1 atom stereocenters. The van der Waals surface area contributed by atoms with Gasteiger partial charge in [-0.25, -0.2) is 0 Å². The quantitative estimate of drug-likeness (QED) is 0.823. The minimum atomic E-state index is 0.480. The molecule has 1 heteroatoms. The molecule has 0 aromatic heterocycles. The predicted molar refractivity (Wildman–Crippen MR) is 74.1 cm³/mol. The minimum Gasteiger partial charge on any atom is -0.307 e. The molecule has 0 radical (unpaired) electrons. The average Bonchev–Trinajstić information content (AvgIpc) is 2.21. The molecular weight excluding hydrogens is 206 g/mol. The first-order valence-electron chi connectivity index (χ1n) is 6.89. The summed E-state index contributed by atoms with van der Waals surface area (Å²) >= 11 is 0. The number of aryl methyl sites for hydroxylation is 1. The van der Waals surface area contributed by atoms with Crippen LogP contribution in [0.3, 0.4) is 0 Å². The summed E-state index contributed by atoms with van der Waals surface area (Å²) in [7, 11) is 0. The molecule has 17 heavy (non-hydrogen) atoms. The standard InChI is InChI=1S/C16H25N/c1-11(2)15-9-16(10-15)17-13(4)14-7-5-6-12(3)8-14/h5-8,11,13,15-17H,9-10H2,1-4H3/t13-,15?,16?/m1/s1. The van der Waals surface area contributed by atoms with E-state index in [1.165, 1.54) is 24.0 Å². The number of hydrogen-bond donors (Lipinski definition) is 1. The van der Waals surface area contributed by atoms with Gasteiger partial charge in [0.2, 0.25) is 0 Å². The fourth-order valence-electron chi connectivity index (χ4n) is 2.73. The summed E-state index contributed by atoms with van der Waals surface area (Å²) in [5.74, 6) is 1.79. The van der Waals surface area contributed by atoms with Crippen molar-refractivity contribution in [2.24, 2.45) is 11.8 Å². The van der Waals surface area contributed by atoms with Gasteiger partial charge in [-0.1, -0.05) is 43.7 Å². The third kappa shape index (κ3) is 3.10. The van der Waals surface area contributed by atoms with Crippen LogP contribution in [-0.2, 0) is 0 Å². The number of benzene rings is 1. The first kappa shape index (κ1) is 12.6. The summed E-state index contributed by atoms with van der Waals surface area (Å²) in [6, 6.07) is 10.0. The second-order valence-electron chi connectivity index (χ2n) is 5.97. The Morgan fingerprint density at radius 1 is 1.18 bits per heavy atom. The van der Waals surface area contributed by atoms with E-state index in [1.54, 1.807) is 0 Å². The molecule has 1 aromatic carbocycles. The van der Waals surface area contributed by atoms with Crippen LogP contribution in [0.5, 0.6) is 0 Å². The smallest absolute Gasteiger partial charge is 0.0294 e. The van der Waals surface area contributed by atoms with Crippen molar-refractivity contribution in [1.29, 1.82) is 0 Å². The third-order valence-electron chi connectivity index (χ3n) is 4.15. The maximum atomic E-state index is 3.74. The van der Waals surface area contributed by atoms with Gasteiger partial charge in [-0.15, -0.1) is 0 Å². The molecule has 0 aliphatic heterocycles. The van der Waals surface area contributed by atoms with Gasteiger partial charge in [0.25, 0.3) is 0 Å². The lowest BCUT2D eigenvalue weighted by atomic mass is 9.73. The van der Waals surface area contributed by atoms with Gasteiger partial charge in [0.1, 0.15) is 0 Å². The van der Waals surface area contributed by atoms with Crippen molar-refractivity contribution >= 4 is 0 Å². The zero-order valence-corrected chi connectivity index (χ0v) is 11.5. The second kappa shape index (κ2) is 5.22. The summed E-state index contributed by atoms with van der Waals surface area (Å²) < 4.78 is 0. The first-order valence-corrected chi connectivity index (χ1v) is 6.89. The molecule has 94 valence electrons. The lowest BCUT2D eigenvalue weighted by molar-refractivity contribution is 0.159. The van der Waals surface area contributed by atoms with Gasteiger partial charge < -0.3 is 5.32 Å². The van der Waals surface area contributed by atoms with Crippen molar-refractivity contribution in [1.82, 2.24) is 5.32 Å². The van der Waals surface area contributed by atoms with E-state index in [-0.39, 0.29) is 0 Å². The Hall–Kier alpha value is -0.820. The van der Waals surface area contributed by atoms with E-state index < -0.39 is 0 Å². The van der Waals surface area contributed by atoms with Gasteiger partial charge in [-0.05, 0) is 44.1 Å². The molecular formula is C16H25N. The first-order chi connectivity index (χ1) is 8.06. The molecule has 0 bridgehead atoms. The lowest BCUT2D eigenvalue weighted by Crippen LogP contribution is -2.43. The molecule has 0 saturated heterocycles. The second-order valence-corrected chi connectivity index (χ2v) is 5.97. The number of nitrogens with one attached hydrogen (secondary N) is 1. The maximum absolute atomic E-state index is 3.74. The highest BCUT2D eigenvalue weighted by Crippen LogP contribution is 2.34. The Morgan fingerprint density at radius 2 is 1.88 bits per heavy atom. The van der Waals surface area contributed by atoms with Crippen LogP contribution in [-0.4, -0.2) is 6.04 Å². The third-order valence-corrected chi connectivity index (χ3v) is 4.15. The van der Waals surface area contributed by atoms with Gasteiger partial charge in [0.05, 0.1) is 0 Å². The van der Waals surface area contributed by atoms with Crippen molar-refractivity contribution < 1.29 is 0 Å². The molecule has 0 amide bonds. The average molecular weight is 231 g/mol. The van der Waals surface area contributed by atoms with E-state index in [4.69, 9.17) is 0 Å². The molecule has 0 heterocycles. The van der Waals surface area contributed by atoms with E-state index >= 15 is 0 Å². The van der Waals surface area contributed by atoms with E-state index in [1.807, 2.05) is 0 Å². The topological polar surface area (TPSA) is 12.0 Å². The number of rotatable bonds is 4. The van der Waals surface area contributed by atoms with Crippen LogP contribution in [0.2, 0.25) is 0 Å². The molecule has 1 aliphatic rings. The Balaban J connectivity index is 1.85. The fraction of sp³-hybridized carbons (Fsp3) is 0.625. The zero-order chi connectivity index (χ0) is 12.4. The maximum Gasteiger partial charge on any atom is 0.0294 e. The van der Waals surface area contributed by atoms with Gasteiger partial charge in [-0.3, -0.25) is 0 Å². The van der Waals surface area contributed by atoms with Crippen LogP contribution in [0.4, 0.5) is 0 Å². The van der Waals surface area contributed by atoms with Crippen LogP contribution < -0.4 is 5.32 Å². The van der Waals surface area contributed by atoms with Crippen LogP contribution in [0, 0.1) is 18.8 Å². The van der Waals surface area contributed by atoms with Crippen LogP contribution in [0.1, 0.15) is 50.8 Å². The van der Waals surface area contributed by atoms with Gasteiger partial charge in [0, 0.05) is 12.1 Å². The summed E-state index contributed by atoms with van der Waals surface area (Å²) in [5.41, 5.74) is 2.77. The van der Waals surface area contributed by atoms with Gasteiger partial charge in [-0.2, -0.15) is 0 Å². The molecule has 1 aliphatic carbocycles. The van der Waals surface area contributed by atoms with E-state index in [2.05, 4.69) is 57.3 Å². The summed E-state index contributed by atoms with van der Waals surface area (Å²) in [4.78, 5) is 0. The van der Waals surface area contributed by atoms with Crippen molar-refractivity contribution in [3.8, 4) is 0 Å². The highest BCUT2D eigenvalue weighted by molar-refractivity contribution is 5.24. The van der Waals surface area contributed by atoms with Crippen molar-refractivity contribution in [3.63, 3.8) is 0 Å². The predicted octanol–water partition coefficient (Wildman–Crippen LogP) is 4.08. The lowest BCUT2D eigenvalue weighted by Gasteiger charge is -2.40. The number of hydrogen-bond acceptors (Lipinski definition) is 1. The van der Waals surface area contributed by atoms with Crippen LogP contribution in [0.15, 0.2) is 24.3 Å². The minimum absolute atomic E-state index is 0.480. The highest BCUT2D eigenvalue weighted by atomic mass is 15.0. The Labute approximate surface area is 106 Å². The normalized spacial score (nSPS) is 25.7. The molecule has 1 saturated carbocycles. The Kier molecular flexibility index (Phi) is 3.88. The SMILES string of the molecule is Cc1cccc([C@@H](C)NC2CC(C(C)C)C2)c1. The highest BCUT2D eigenvalue weighted by Gasteiger charge is 2.31. The monoisotopic (exact) mass is 231 g/mol. The molecule has 2 rings (SSSR count). The van der Waals surface area contributed by atoms with E-state index in [0.717, 1.165) is 17.9 Å². The summed E-state index contributed by atoms with van der Waals surface area (Å²) in [5, 5.41) is 3.74. The van der Waals surface area contributed by atoms with E-state index in [0.29, 0.717) is 6.04 Å². The molecule has 1 N–H and O–H groups in total. The van der Waals surface area contributed by atoms with Crippen molar-refractivity contribution in [2.75, 3.05) is 0 Å². The summed E-state index contributed by atoms with van der Waals surface area (Å²) in [6.07, 6.45) is 2.71. The molecule has 1 nitrogen and oxygen atoms in total. The van der Waals surface area contributed by atoms with Crippen molar-refractivity contribution in [2.45, 2.75) is 52.6 Å². The van der Waals surface area contributed by atoms with Crippen LogP contribution >= 0.6 is 0 Å². The summed E-state index contributed by atoms with van der Waals surface area (Å²) in [6.45, 7) is 9.11. The molecule has 0 spiro atoms. The van der Waals surface area contributed by atoms with E-state index in [9.17, 15) is 0 Å². The Bertz CT molecular complexity index is 364. The van der Waals surface area contributed by atoms with Crippen molar-refractivity contribution in [3.05, 3.63) is 35.4 Å².